The van der Waals surface area contributed by atoms with E-state index in [4.69, 9.17) is 4.52 Å². The average Bonchev–Trinajstić information content (AvgIpc) is 3.38. The van der Waals surface area contributed by atoms with Gasteiger partial charge in [0.2, 0.25) is 0 Å². The van der Waals surface area contributed by atoms with Crippen molar-refractivity contribution in [3.05, 3.63) is 22.8 Å². The van der Waals surface area contributed by atoms with E-state index >= 15 is 0 Å². The molecule has 2 aromatic heterocycles. The number of anilines is 1. The van der Waals surface area contributed by atoms with E-state index in [1.165, 1.54) is 38.8 Å². The monoisotopic (exact) mass is 341 g/mol. The highest BCUT2D eigenvalue weighted by Crippen LogP contribution is 2.33. The van der Waals surface area contributed by atoms with E-state index in [2.05, 4.69) is 32.3 Å². The van der Waals surface area contributed by atoms with Crippen molar-refractivity contribution in [2.75, 3.05) is 18.4 Å². The summed E-state index contributed by atoms with van der Waals surface area (Å²) in [6, 6.07) is 1.36. The SMILES string of the molecule is Cc1nc(NC2CCN(C3CC3)CC2)c(C)c(-c2c(C)noc2C)n1. The summed E-state index contributed by atoms with van der Waals surface area (Å²) >= 11 is 0. The molecule has 2 fully saturated rings. The Morgan fingerprint density at radius 3 is 2.32 bits per heavy atom. The van der Waals surface area contributed by atoms with E-state index < -0.39 is 0 Å². The highest BCUT2D eigenvalue weighted by molar-refractivity contribution is 5.71. The van der Waals surface area contributed by atoms with Gasteiger partial charge in [0.05, 0.1) is 17.0 Å². The maximum absolute atomic E-state index is 5.34. The van der Waals surface area contributed by atoms with Gasteiger partial charge in [-0.2, -0.15) is 0 Å². The average molecular weight is 341 g/mol. The summed E-state index contributed by atoms with van der Waals surface area (Å²) in [5, 5.41) is 7.76. The second-order valence-corrected chi connectivity index (χ2v) is 7.48. The van der Waals surface area contributed by atoms with Crippen molar-refractivity contribution in [3.63, 3.8) is 0 Å². The normalized spacial score (nSPS) is 19.4. The van der Waals surface area contributed by atoms with Crippen LogP contribution in [0.5, 0.6) is 0 Å². The second-order valence-electron chi connectivity index (χ2n) is 7.48. The van der Waals surface area contributed by atoms with Gasteiger partial charge in [-0.3, -0.25) is 0 Å². The Labute approximate surface area is 149 Å². The number of rotatable bonds is 4. The van der Waals surface area contributed by atoms with E-state index in [9.17, 15) is 0 Å². The van der Waals surface area contributed by atoms with Crippen molar-refractivity contribution in [1.29, 1.82) is 0 Å². The zero-order chi connectivity index (χ0) is 17.6. The first-order valence-corrected chi connectivity index (χ1v) is 9.32. The van der Waals surface area contributed by atoms with Crippen molar-refractivity contribution in [2.24, 2.45) is 0 Å². The van der Waals surface area contributed by atoms with Gasteiger partial charge in [0.15, 0.2) is 0 Å². The van der Waals surface area contributed by atoms with Crippen LogP contribution in [0.1, 0.15) is 48.5 Å². The third kappa shape index (κ3) is 3.27. The summed E-state index contributed by atoms with van der Waals surface area (Å²) in [5.74, 6) is 2.54. The first kappa shape index (κ1) is 16.5. The molecule has 3 heterocycles. The van der Waals surface area contributed by atoms with E-state index in [-0.39, 0.29) is 0 Å². The largest absolute Gasteiger partial charge is 0.367 e. The molecule has 0 amide bonds. The summed E-state index contributed by atoms with van der Waals surface area (Å²) < 4.78 is 5.34. The van der Waals surface area contributed by atoms with Crippen molar-refractivity contribution in [3.8, 4) is 11.3 Å². The highest BCUT2D eigenvalue weighted by Gasteiger charge is 2.32. The van der Waals surface area contributed by atoms with E-state index in [0.717, 1.165) is 46.0 Å². The van der Waals surface area contributed by atoms with Gasteiger partial charge in [-0.15, -0.1) is 0 Å². The van der Waals surface area contributed by atoms with E-state index in [0.29, 0.717) is 6.04 Å². The Hall–Kier alpha value is -1.95. The van der Waals surface area contributed by atoms with Crippen LogP contribution in [0.25, 0.3) is 11.3 Å². The van der Waals surface area contributed by atoms with Gasteiger partial charge in [0.1, 0.15) is 17.4 Å². The number of hydrogen-bond acceptors (Lipinski definition) is 6. The molecule has 1 saturated carbocycles. The predicted molar refractivity (Wildman–Crippen MR) is 97.7 cm³/mol. The van der Waals surface area contributed by atoms with Gasteiger partial charge in [-0.05, 0) is 53.4 Å². The van der Waals surface area contributed by atoms with E-state index in [1.54, 1.807) is 0 Å². The van der Waals surface area contributed by atoms with Crippen LogP contribution in [-0.4, -0.2) is 45.2 Å². The van der Waals surface area contributed by atoms with Crippen LogP contribution in [-0.2, 0) is 0 Å². The number of nitrogens with one attached hydrogen (secondary N) is 1. The molecule has 1 aliphatic carbocycles. The lowest BCUT2D eigenvalue weighted by molar-refractivity contribution is 0.210. The molecule has 6 nitrogen and oxygen atoms in total. The molecule has 25 heavy (non-hydrogen) atoms. The van der Waals surface area contributed by atoms with Crippen LogP contribution >= 0.6 is 0 Å². The number of aryl methyl sites for hydroxylation is 3. The van der Waals surface area contributed by atoms with Crippen LogP contribution in [0.2, 0.25) is 0 Å². The third-order valence-corrected chi connectivity index (χ3v) is 5.46. The topological polar surface area (TPSA) is 67.1 Å². The molecule has 1 aliphatic heterocycles. The molecule has 2 aromatic rings. The molecule has 0 radical (unpaired) electrons. The number of nitrogens with zero attached hydrogens (tertiary/aromatic N) is 4. The third-order valence-electron chi connectivity index (χ3n) is 5.46. The van der Waals surface area contributed by atoms with Crippen LogP contribution < -0.4 is 5.32 Å². The summed E-state index contributed by atoms with van der Waals surface area (Å²) in [4.78, 5) is 12.0. The van der Waals surface area contributed by atoms with Crippen LogP contribution in [0.3, 0.4) is 0 Å². The van der Waals surface area contributed by atoms with Gasteiger partial charge in [-0.1, -0.05) is 5.16 Å². The number of piperidine rings is 1. The summed E-state index contributed by atoms with van der Waals surface area (Å²) in [7, 11) is 0. The molecule has 4 rings (SSSR count). The van der Waals surface area contributed by atoms with Crippen LogP contribution in [0.4, 0.5) is 5.82 Å². The van der Waals surface area contributed by atoms with Gasteiger partial charge < -0.3 is 14.7 Å². The summed E-state index contributed by atoms with van der Waals surface area (Å²) in [6.07, 6.45) is 5.14. The molecule has 134 valence electrons. The zero-order valence-electron chi connectivity index (χ0n) is 15.6. The van der Waals surface area contributed by atoms with Gasteiger partial charge in [0, 0.05) is 30.7 Å². The standard InChI is InChI=1S/C19H27N5O/c1-11-18(17-12(2)23-25-13(17)3)20-14(4)21-19(11)22-15-7-9-24(10-8-15)16-5-6-16/h15-16H,5-10H2,1-4H3,(H,20,21,22). The second kappa shape index (κ2) is 6.41. The lowest BCUT2D eigenvalue weighted by Crippen LogP contribution is -2.40. The number of hydrogen-bond donors (Lipinski definition) is 1. The Balaban J connectivity index is 1.56. The Kier molecular flexibility index (Phi) is 4.23. The highest BCUT2D eigenvalue weighted by atomic mass is 16.5. The van der Waals surface area contributed by atoms with Crippen molar-refractivity contribution in [1.82, 2.24) is 20.0 Å². The maximum atomic E-state index is 5.34. The molecular formula is C19H27N5O. The predicted octanol–water partition coefficient (Wildman–Crippen LogP) is 3.40. The molecule has 0 unspecified atom stereocenters. The quantitative estimate of drug-likeness (QED) is 0.919. The Bertz CT molecular complexity index is 753. The minimum Gasteiger partial charge on any atom is -0.367 e. The van der Waals surface area contributed by atoms with Crippen LogP contribution in [0.15, 0.2) is 4.52 Å². The molecule has 2 aliphatic rings. The molecule has 0 aromatic carbocycles. The van der Waals surface area contributed by atoms with Crippen molar-refractivity contribution >= 4 is 5.82 Å². The molecule has 1 saturated heterocycles. The lowest BCUT2D eigenvalue weighted by Gasteiger charge is -2.33. The molecule has 6 heteroatoms. The fourth-order valence-electron chi connectivity index (χ4n) is 3.88. The first-order valence-electron chi connectivity index (χ1n) is 9.32. The number of likely N-dealkylation sites (tertiary alicyclic amines) is 1. The maximum Gasteiger partial charge on any atom is 0.143 e. The summed E-state index contributed by atoms with van der Waals surface area (Å²) in [6.45, 7) is 10.3. The Morgan fingerprint density at radius 1 is 1.00 bits per heavy atom. The summed E-state index contributed by atoms with van der Waals surface area (Å²) in [5.41, 5.74) is 3.88. The van der Waals surface area contributed by atoms with Crippen LogP contribution in [0, 0.1) is 27.7 Å². The Morgan fingerprint density at radius 2 is 1.72 bits per heavy atom. The van der Waals surface area contributed by atoms with Gasteiger partial charge in [0.25, 0.3) is 0 Å². The molecule has 0 spiro atoms. The molecule has 0 bridgehead atoms. The zero-order valence-corrected chi connectivity index (χ0v) is 15.6. The molecule has 1 N–H and O–H groups in total. The van der Waals surface area contributed by atoms with E-state index in [1.807, 2.05) is 20.8 Å². The minimum absolute atomic E-state index is 0.487. The van der Waals surface area contributed by atoms with Gasteiger partial charge >= 0.3 is 0 Å². The molecule has 0 atom stereocenters. The molecular weight excluding hydrogens is 314 g/mol. The van der Waals surface area contributed by atoms with Crippen molar-refractivity contribution in [2.45, 2.75) is 65.5 Å². The smallest absolute Gasteiger partial charge is 0.143 e. The first-order chi connectivity index (χ1) is 12.0. The minimum atomic E-state index is 0.487. The lowest BCUT2D eigenvalue weighted by atomic mass is 10.0. The number of aromatic nitrogens is 3. The fourth-order valence-corrected chi connectivity index (χ4v) is 3.88. The fraction of sp³-hybridized carbons (Fsp3) is 0.632. The van der Waals surface area contributed by atoms with Gasteiger partial charge in [-0.25, -0.2) is 9.97 Å². The van der Waals surface area contributed by atoms with Crippen molar-refractivity contribution < 1.29 is 4.52 Å².